The average Bonchev–Trinajstić information content (AvgIpc) is 3.23. The summed E-state index contributed by atoms with van der Waals surface area (Å²) in [4.78, 5) is 38.2. The number of carbonyl (C=O) groups is 3. The van der Waals surface area contributed by atoms with Crippen molar-refractivity contribution < 1.29 is 18.8 Å². The first-order valence-electron chi connectivity index (χ1n) is 6.41. The monoisotopic (exact) mass is 276 g/mol. The van der Waals surface area contributed by atoms with E-state index in [0.29, 0.717) is 0 Å². The zero-order valence-electron chi connectivity index (χ0n) is 10.9. The van der Waals surface area contributed by atoms with Gasteiger partial charge in [-0.25, -0.2) is 4.39 Å². The van der Waals surface area contributed by atoms with Gasteiger partial charge in [0.15, 0.2) is 0 Å². The Hall–Kier alpha value is -2.24. The molecular formula is C14H13FN2O3. The second-order valence-corrected chi connectivity index (χ2v) is 5.09. The lowest BCUT2D eigenvalue weighted by Gasteiger charge is -2.21. The molecule has 5 nitrogen and oxygen atoms in total. The molecular weight excluding hydrogens is 263 g/mol. The number of nitrogens with zero attached hydrogens (tertiary/aromatic N) is 2. The molecule has 0 N–H and O–H groups in total. The number of fused-ring (bicyclic) bond motifs is 1. The van der Waals surface area contributed by atoms with Crippen LogP contribution in [-0.4, -0.2) is 42.1 Å². The summed E-state index contributed by atoms with van der Waals surface area (Å²) in [6.45, 7) is -0.300. The van der Waals surface area contributed by atoms with Crippen LogP contribution in [0.15, 0.2) is 18.2 Å². The van der Waals surface area contributed by atoms with Gasteiger partial charge in [-0.3, -0.25) is 19.3 Å². The zero-order chi connectivity index (χ0) is 14.4. The molecule has 2 amide bonds. The first-order valence-corrected chi connectivity index (χ1v) is 6.41. The molecule has 1 saturated carbocycles. The number of ketones is 1. The third-order valence-electron chi connectivity index (χ3n) is 3.72. The van der Waals surface area contributed by atoms with Crippen LogP contribution in [0.5, 0.6) is 0 Å². The first-order chi connectivity index (χ1) is 9.50. The maximum atomic E-state index is 13.8. The quantitative estimate of drug-likeness (QED) is 0.773. The summed E-state index contributed by atoms with van der Waals surface area (Å²) in [5.74, 6) is -2.56. The van der Waals surface area contributed by atoms with Crippen molar-refractivity contribution in [3.63, 3.8) is 0 Å². The van der Waals surface area contributed by atoms with E-state index in [1.807, 2.05) is 0 Å². The number of carbonyl (C=O) groups excluding carboxylic acids is 3. The number of benzene rings is 1. The van der Waals surface area contributed by atoms with Gasteiger partial charge in [0.05, 0.1) is 11.3 Å². The van der Waals surface area contributed by atoms with E-state index in [4.69, 9.17) is 0 Å². The van der Waals surface area contributed by atoms with Gasteiger partial charge in [-0.15, -0.1) is 0 Å². The van der Waals surface area contributed by atoms with Crippen LogP contribution in [0.25, 0.3) is 0 Å². The van der Waals surface area contributed by atoms with E-state index in [-0.39, 0.29) is 29.7 Å². The van der Waals surface area contributed by atoms with Crippen molar-refractivity contribution in [3.8, 4) is 0 Å². The molecule has 2 aliphatic rings. The van der Waals surface area contributed by atoms with Crippen LogP contribution >= 0.6 is 0 Å². The van der Waals surface area contributed by atoms with E-state index in [1.54, 1.807) is 11.9 Å². The largest absolute Gasteiger partial charge is 0.341 e. The molecule has 20 heavy (non-hydrogen) atoms. The Bertz CT molecular complexity index is 625. The van der Waals surface area contributed by atoms with Crippen molar-refractivity contribution in [3.05, 3.63) is 29.6 Å². The fourth-order valence-corrected chi connectivity index (χ4v) is 2.38. The van der Waals surface area contributed by atoms with Crippen molar-refractivity contribution in [1.29, 1.82) is 0 Å². The van der Waals surface area contributed by atoms with E-state index >= 15 is 0 Å². The maximum absolute atomic E-state index is 13.8. The molecule has 1 aromatic rings. The van der Waals surface area contributed by atoms with Crippen LogP contribution in [0.4, 0.5) is 10.1 Å². The van der Waals surface area contributed by atoms with E-state index < -0.39 is 17.5 Å². The molecule has 0 unspecified atom stereocenters. The molecule has 3 rings (SSSR count). The highest BCUT2D eigenvalue weighted by Gasteiger charge is 2.40. The molecule has 1 aliphatic carbocycles. The zero-order valence-corrected chi connectivity index (χ0v) is 10.9. The number of halogens is 1. The Morgan fingerprint density at radius 2 is 2.10 bits per heavy atom. The third-order valence-corrected chi connectivity index (χ3v) is 3.72. The maximum Gasteiger partial charge on any atom is 0.300 e. The molecule has 1 aliphatic heterocycles. The topological polar surface area (TPSA) is 57.7 Å². The molecule has 0 radical (unpaired) electrons. The summed E-state index contributed by atoms with van der Waals surface area (Å²) in [6.07, 6.45) is 1.89. The molecule has 1 aromatic carbocycles. The molecule has 1 fully saturated rings. The van der Waals surface area contributed by atoms with Crippen molar-refractivity contribution in [2.45, 2.75) is 18.9 Å². The Labute approximate surface area is 115 Å². The van der Waals surface area contributed by atoms with Gasteiger partial charge in [0.25, 0.3) is 11.7 Å². The van der Waals surface area contributed by atoms with Crippen molar-refractivity contribution in [1.82, 2.24) is 4.90 Å². The lowest BCUT2D eigenvalue weighted by molar-refractivity contribution is -0.130. The minimum atomic E-state index is -0.845. The number of rotatable bonds is 3. The molecule has 1 heterocycles. The van der Waals surface area contributed by atoms with E-state index in [2.05, 4.69) is 0 Å². The molecule has 104 valence electrons. The highest BCUT2D eigenvalue weighted by molar-refractivity contribution is 6.52. The Balaban J connectivity index is 1.89. The van der Waals surface area contributed by atoms with Crippen LogP contribution in [0, 0.1) is 5.82 Å². The fraction of sp³-hybridized carbons (Fsp3) is 0.357. The van der Waals surface area contributed by atoms with Gasteiger partial charge in [0.1, 0.15) is 12.4 Å². The number of likely N-dealkylation sites (N-methyl/N-ethyl adjacent to an activating group) is 1. The van der Waals surface area contributed by atoms with Crippen molar-refractivity contribution in [2.75, 3.05) is 18.5 Å². The van der Waals surface area contributed by atoms with Crippen LogP contribution in [0.2, 0.25) is 0 Å². The third kappa shape index (κ3) is 1.88. The summed E-state index contributed by atoms with van der Waals surface area (Å²) in [6, 6.07) is 4.15. The van der Waals surface area contributed by atoms with Crippen molar-refractivity contribution >= 4 is 23.3 Å². The summed E-state index contributed by atoms with van der Waals surface area (Å²) in [7, 11) is 1.66. The predicted octanol–water partition coefficient (Wildman–Crippen LogP) is 0.976. The lowest BCUT2D eigenvalue weighted by Crippen LogP contribution is -2.42. The van der Waals surface area contributed by atoms with Gasteiger partial charge in [-0.2, -0.15) is 0 Å². The number of amides is 2. The number of hydrogen-bond acceptors (Lipinski definition) is 3. The predicted molar refractivity (Wildman–Crippen MR) is 68.9 cm³/mol. The Kier molecular flexibility index (Phi) is 2.81. The van der Waals surface area contributed by atoms with Gasteiger partial charge >= 0.3 is 0 Å². The van der Waals surface area contributed by atoms with Crippen LogP contribution in [0.1, 0.15) is 23.2 Å². The lowest BCUT2D eigenvalue weighted by atomic mass is 10.1. The normalized spacial score (nSPS) is 17.4. The fourth-order valence-electron chi connectivity index (χ4n) is 2.38. The van der Waals surface area contributed by atoms with Crippen LogP contribution in [0.3, 0.4) is 0 Å². The Morgan fingerprint density at radius 1 is 1.40 bits per heavy atom. The average molecular weight is 276 g/mol. The second kappa shape index (κ2) is 4.40. The highest BCUT2D eigenvalue weighted by Crippen LogP contribution is 2.32. The van der Waals surface area contributed by atoms with Crippen LogP contribution in [-0.2, 0) is 9.59 Å². The summed E-state index contributed by atoms with van der Waals surface area (Å²) < 4.78 is 13.8. The second-order valence-electron chi connectivity index (χ2n) is 5.09. The Morgan fingerprint density at radius 3 is 2.75 bits per heavy atom. The standard InChI is InChI=1S/C14H13FN2O3/c1-16(8-5-6-8)11(18)7-17-12-9(13(19)14(17)20)3-2-4-10(12)15/h2-4,8H,5-7H2,1H3. The van der Waals surface area contributed by atoms with Crippen molar-refractivity contribution in [2.24, 2.45) is 0 Å². The van der Waals surface area contributed by atoms with E-state index in [0.717, 1.165) is 17.7 Å². The molecule has 6 heteroatoms. The highest BCUT2D eigenvalue weighted by atomic mass is 19.1. The summed E-state index contributed by atoms with van der Waals surface area (Å²) in [5, 5.41) is 0. The van der Waals surface area contributed by atoms with E-state index in [1.165, 1.54) is 18.2 Å². The van der Waals surface area contributed by atoms with Gasteiger partial charge in [0, 0.05) is 13.1 Å². The summed E-state index contributed by atoms with van der Waals surface area (Å²) >= 11 is 0. The minimum absolute atomic E-state index is 0.0249. The molecule has 0 saturated heterocycles. The first kappa shape index (κ1) is 12.8. The molecule has 0 bridgehead atoms. The number of hydrogen-bond donors (Lipinski definition) is 0. The van der Waals surface area contributed by atoms with Gasteiger partial charge in [0.2, 0.25) is 5.91 Å². The number of Topliss-reactive ketones (excluding diaryl/α,β-unsaturated/α-hetero) is 1. The van der Waals surface area contributed by atoms with Gasteiger partial charge in [-0.1, -0.05) is 6.07 Å². The number of para-hydroxylation sites is 1. The number of anilines is 1. The minimum Gasteiger partial charge on any atom is -0.341 e. The van der Waals surface area contributed by atoms with Gasteiger partial charge in [-0.05, 0) is 25.0 Å². The van der Waals surface area contributed by atoms with Crippen LogP contribution < -0.4 is 4.90 Å². The smallest absolute Gasteiger partial charge is 0.300 e. The molecule has 0 aromatic heterocycles. The molecule has 0 spiro atoms. The van der Waals surface area contributed by atoms with Gasteiger partial charge < -0.3 is 4.90 Å². The van der Waals surface area contributed by atoms with E-state index in [9.17, 15) is 18.8 Å². The molecule has 0 atom stereocenters. The summed E-state index contributed by atoms with van der Waals surface area (Å²) in [5.41, 5.74) is -0.0584. The SMILES string of the molecule is CN(C(=O)CN1C(=O)C(=O)c2cccc(F)c21)C1CC1.